The summed E-state index contributed by atoms with van der Waals surface area (Å²) in [5.41, 5.74) is 1.18. The van der Waals surface area contributed by atoms with Gasteiger partial charge < -0.3 is 24.6 Å². The minimum Gasteiger partial charge on any atom is -0.493 e. The standard InChI is InChI=1S/C19H20FNO3.C3H8O.ClH/c20-15-3-1-13(2-4-15)17-7-8-21-10-14(17)11-22-16-5-6-18-19(9-16)24-12-23-18;1-3(2)4;/h1-6,9,14,17,21H,7-8,10-12H2;3-4H,1-2H3;1H/t14-,17-;;/m0../s1. The molecule has 160 valence electrons. The van der Waals surface area contributed by atoms with Gasteiger partial charge in [0.25, 0.3) is 0 Å². The second kappa shape index (κ2) is 11.2. The van der Waals surface area contributed by atoms with Crippen molar-refractivity contribution in [1.29, 1.82) is 0 Å². The van der Waals surface area contributed by atoms with Gasteiger partial charge in [0.2, 0.25) is 6.79 Å². The van der Waals surface area contributed by atoms with Crippen LogP contribution in [-0.4, -0.2) is 37.7 Å². The van der Waals surface area contributed by atoms with Crippen LogP contribution in [0.15, 0.2) is 42.5 Å². The first-order valence-electron chi connectivity index (χ1n) is 9.69. The number of nitrogens with one attached hydrogen (secondary N) is 1. The van der Waals surface area contributed by atoms with Crippen molar-refractivity contribution < 1.29 is 23.7 Å². The maximum absolute atomic E-state index is 13.2. The lowest BCUT2D eigenvalue weighted by molar-refractivity contribution is 0.173. The predicted octanol–water partition coefficient (Wildman–Crippen LogP) is 4.14. The van der Waals surface area contributed by atoms with Crippen LogP contribution in [0.4, 0.5) is 4.39 Å². The summed E-state index contributed by atoms with van der Waals surface area (Å²) in [5.74, 6) is 2.79. The largest absolute Gasteiger partial charge is 0.493 e. The third-order valence-corrected chi connectivity index (χ3v) is 4.71. The normalized spacial score (nSPS) is 19.8. The molecule has 2 aliphatic heterocycles. The number of piperidine rings is 1. The van der Waals surface area contributed by atoms with Crippen LogP contribution in [0.1, 0.15) is 31.7 Å². The van der Waals surface area contributed by atoms with Crippen molar-refractivity contribution in [3.05, 3.63) is 53.8 Å². The van der Waals surface area contributed by atoms with Crippen molar-refractivity contribution in [1.82, 2.24) is 5.32 Å². The number of rotatable bonds is 4. The zero-order chi connectivity index (χ0) is 19.9. The molecule has 0 spiro atoms. The molecule has 2 atom stereocenters. The summed E-state index contributed by atoms with van der Waals surface area (Å²) in [6, 6.07) is 12.5. The summed E-state index contributed by atoms with van der Waals surface area (Å²) in [5, 5.41) is 11.5. The van der Waals surface area contributed by atoms with Crippen molar-refractivity contribution in [3.8, 4) is 17.2 Å². The maximum Gasteiger partial charge on any atom is 0.231 e. The topological polar surface area (TPSA) is 60.0 Å². The van der Waals surface area contributed by atoms with Gasteiger partial charge in [-0.05, 0) is 62.6 Å². The predicted molar refractivity (Wildman–Crippen MR) is 113 cm³/mol. The highest BCUT2D eigenvalue weighted by Crippen LogP contribution is 2.36. The first-order valence-corrected chi connectivity index (χ1v) is 9.69. The lowest BCUT2D eigenvalue weighted by atomic mass is 9.81. The number of aliphatic hydroxyl groups excluding tert-OH is 1. The van der Waals surface area contributed by atoms with Gasteiger partial charge in [0.05, 0.1) is 6.61 Å². The van der Waals surface area contributed by atoms with Gasteiger partial charge >= 0.3 is 0 Å². The Balaban J connectivity index is 0.000000552. The molecule has 0 amide bonds. The van der Waals surface area contributed by atoms with Crippen molar-refractivity contribution >= 4 is 12.4 Å². The van der Waals surface area contributed by atoms with Crippen LogP contribution in [0, 0.1) is 11.7 Å². The van der Waals surface area contributed by atoms with E-state index in [2.05, 4.69) is 5.32 Å². The highest BCUT2D eigenvalue weighted by atomic mass is 35.5. The van der Waals surface area contributed by atoms with Crippen LogP contribution in [0.3, 0.4) is 0 Å². The van der Waals surface area contributed by atoms with Crippen molar-refractivity contribution in [2.24, 2.45) is 5.92 Å². The third-order valence-electron chi connectivity index (χ3n) is 4.71. The number of aliphatic hydroxyl groups is 1. The lowest BCUT2D eigenvalue weighted by Crippen LogP contribution is -2.38. The van der Waals surface area contributed by atoms with Crippen LogP contribution in [0.5, 0.6) is 17.2 Å². The molecule has 2 N–H and O–H groups in total. The number of hydrogen-bond donors (Lipinski definition) is 2. The van der Waals surface area contributed by atoms with Crippen molar-refractivity contribution in [2.75, 3.05) is 26.5 Å². The summed E-state index contributed by atoms with van der Waals surface area (Å²) in [7, 11) is 0. The molecule has 1 saturated heterocycles. The molecule has 0 unspecified atom stereocenters. The zero-order valence-electron chi connectivity index (χ0n) is 16.8. The van der Waals surface area contributed by atoms with Gasteiger partial charge in [-0.3, -0.25) is 0 Å². The van der Waals surface area contributed by atoms with Gasteiger partial charge in [-0.2, -0.15) is 0 Å². The Hall–Kier alpha value is -2.02. The molecule has 0 aliphatic carbocycles. The fraction of sp³-hybridized carbons (Fsp3) is 0.455. The second-order valence-corrected chi connectivity index (χ2v) is 7.33. The third kappa shape index (κ3) is 6.77. The molecule has 0 aromatic heterocycles. The molecular weight excluding hydrogens is 397 g/mol. The van der Waals surface area contributed by atoms with E-state index in [1.54, 1.807) is 13.8 Å². The Morgan fingerprint density at radius 3 is 2.55 bits per heavy atom. The van der Waals surface area contributed by atoms with Gasteiger partial charge in [-0.1, -0.05) is 12.1 Å². The molecule has 7 heteroatoms. The fourth-order valence-corrected chi connectivity index (χ4v) is 3.42. The molecule has 4 rings (SSSR count). The van der Waals surface area contributed by atoms with Gasteiger partial charge in [0, 0.05) is 24.6 Å². The van der Waals surface area contributed by atoms with Crippen LogP contribution >= 0.6 is 12.4 Å². The molecule has 0 saturated carbocycles. The lowest BCUT2D eigenvalue weighted by Gasteiger charge is -2.32. The molecule has 2 aromatic rings. The van der Waals surface area contributed by atoms with E-state index < -0.39 is 0 Å². The fourth-order valence-electron chi connectivity index (χ4n) is 3.42. The highest BCUT2D eigenvalue weighted by molar-refractivity contribution is 5.85. The van der Waals surface area contributed by atoms with E-state index in [4.69, 9.17) is 19.3 Å². The van der Waals surface area contributed by atoms with Crippen LogP contribution in [0.2, 0.25) is 0 Å². The number of ether oxygens (including phenoxy) is 3. The van der Waals surface area contributed by atoms with Crippen LogP contribution in [0.25, 0.3) is 0 Å². The maximum atomic E-state index is 13.2. The SMILES string of the molecule is CC(C)O.Cl.Fc1ccc([C@@H]2CCNC[C@H]2COc2ccc3c(c2)OCO3)cc1. The van der Waals surface area contributed by atoms with Crippen molar-refractivity contribution in [2.45, 2.75) is 32.3 Å². The highest BCUT2D eigenvalue weighted by Gasteiger charge is 2.27. The van der Waals surface area contributed by atoms with E-state index in [1.165, 1.54) is 17.7 Å². The Kier molecular flexibility index (Phi) is 9.01. The number of fused-ring (bicyclic) bond motifs is 1. The molecule has 2 heterocycles. The van der Waals surface area contributed by atoms with E-state index in [1.807, 2.05) is 30.3 Å². The van der Waals surface area contributed by atoms with E-state index in [-0.39, 0.29) is 31.1 Å². The average Bonchev–Trinajstić information content (AvgIpc) is 3.15. The molecule has 1 fully saturated rings. The Morgan fingerprint density at radius 1 is 1.14 bits per heavy atom. The Labute approximate surface area is 177 Å². The van der Waals surface area contributed by atoms with E-state index >= 15 is 0 Å². The molecule has 2 aromatic carbocycles. The monoisotopic (exact) mass is 425 g/mol. The Morgan fingerprint density at radius 2 is 1.83 bits per heavy atom. The summed E-state index contributed by atoms with van der Waals surface area (Å²) in [6.45, 7) is 6.18. The summed E-state index contributed by atoms with van der Waals surface area (Å²) in [6.07, 6.45) is 0.862. The van der Waals surface area contributed by atoms with E-state index in [9.17, 15) is 4.39 Å². The van der Waals surface area contributed by atoms with Gasteiger partial charge in [0.1, 0.15) is 11.6 Å². The van der Waals surface area contributed by atoms with Gasteiger partial charge in [0.15, 0.2) is 11.5 Å². The number of halogens is 2. The number of benzene rings is 2. The van der Waals surface area contributed by atoms with Crippen LogP contribution < -0.4 is 19.5 Å². The zero-order valence-corrected chi connectivity index (χ0v) is 17.6. The van der Waals surface area contributed by atoms with Crippen LogP contribution in [-0.2, 0) is 0 Å². The minimum absolute atomic E-state index is 0. The molecule has 0 bridgehead atoms. The number of hydrogen-bond acceptors (Lipinski definition) is 5. The summed E-state index contributed by atoms with van der Waals surface area (Å²) in [4.78, 5) is 0. The van der Waals surface area contributed by atoms with E-state index in [0.717, 1.165) is 36.8 Å². The first-order chi connectivity index (χ1) is 13.5. The minimum atomic E-state index is -0.194. The first kappa shape index (κ1) is 23.3. The molecule has 2 aliphatic rings. The van der Waals surface area contributed by atoms with Gasteiger partial charge in [-0.15, -0.1) is 12.4 Å². The molecule has 29 heavy (non-hydrogen) atoms. The molecule has 5 nitrogen and oxygen atoms in total. The van der Waals surface area contributed by atoms with Crippen molar-refractivity contribution in [3.63, 3.8) is 0 Å². The molecular formula is C22H29ClFNO4. The smallest absolute Gasteiger partial charge is 0.231 e. The Bertz CT molecular complexity index is 754. The van der Waals surface area contributed by atoms with Gasteiger partial charge in [-0.25, -0.2) is 4.39 Å². The second-order valence-electron chi connectivity index (χ2n) is 7.33. The molecule has 0 radical (unpaired) electrons. The van der Waals surface area contributed by atoms with E-state index in [0.29, 0.717) is 18.4 Å². The quantitative estimate of drug-likeness (QED) is 0.771. The average molecular weight is 426 g/mol. The summed E-state index contributed by atoms with van der Waals surface area (Å²) >= 11 is 0. The summed E-state index contributed by atoms with van der Waals surface area (Å²) < 4.78 is 29.9.